The molecule has 74 valence electrons. The maximum absolute atomic E-state index is 13.4. The molecule has 0 aromatic heterocycles. The van der Waals surface area contributed by atoms with E-state index in [0.29, 0.717) is 5.56 Å². The van der Waals surface area contributed by atoms with Gasteiger partial charge in [-0.2, -0.15) is 9.65 Å². The lowest BCUT2D eigenvalue weighted by atomic mass is 10.1. The molecule has 0 aliphatic heterocycles. The van der Waals surface area contributed by atoms with Crippen molar-refractivity contribution in [3.8, 4) is 17.6 Å². The second-order valence-corrected chi connectivity index (χ2v) is 2.65. The monoisotopic (exact) mass is 195 g/mol. The number of rotatable bonds is 3. The predicted molar refractivity (Wildman–Crippen MR) is 48.8 cm³/mol. The van der Waals surface area contributed by atoms with Crippen LogP contribution in [0.3, 0.4) is 0 Å². The van der Waals surface area contributed by atoms with Crippen LogP contribution in [0.1, 0.15) is 5.56 Å². The Labute approximate surface area is 81.7 Å². The summed E-state index contributed by atoms with van der Waals surface area (Å²) >= 11 is 0. The van der Waals surface area contributed by atoms with Crippen LogP contribution in [-0.2, 0) is 6.42 Å². The van der Waals surface area contributed by atoms with Gasteiger partial charge in [0.2, 0.25) is 5.82 Å². The van der Waals surface area contributed by atoms with Gasteiger partial charge < -0.3 is 9.47 Å². The van der Waals surface area contributed by atoms with Crippen LogP contribution < -0.4 is 9.47 Å². The molecule has 0 fully saturated rings. The molecular formula is C10H10FNO2. The van der Waals surface area contributed by atoms with Gasteiger partial charge >= 0.3 is 0 Å². The molecular weight excluding hydrogens is 185 g/mol. The molecule has 0 saturated carbocycles. The van der Waals surface area contributed by atoms with E-state index in [2.05, 4.69) is 0 Å². The van der Waals surface area contributed by atoms with Crippen LogP contribution in [0.4, 0.5) is 4.39 Å². The first-order chi connectivity index (χ1) is 6.72. The molecule has 0 spiro atoms. The highest BCUT2D eigenvalue weighted by atomic mass is 19.1. The van der Waals surface area contributed by atoms with Gasteiger partial charge in [0.1, 0.15) is 0 Å². The lowest BCUT2D eigenvalue weighted by Crippen LogP contribution is -1.95. The van der Waals surface area contributed by atoms with E-state index in [4.69, 9.17) is 14.7 Å². The topological polar surface area (TPSA) is 42.2 Å². The molecule has 0 unspecified atom stereocenters. The third-order valence-electron chi connectivity index (χ3n) is 1.79. The van der Waals surface area contributed by atoms with Crippen LogP contribution in [0.5, 0.6) is 11.5 Å². The van der Waals surface area contributed by atoms with Gasteiger partial charge in [-0.1, -0.05) is 0 Å². The van der Waals surface area contributed by atoms with Crippen molar-refractivity contribution in [1.82, 2.24) is 0 Å². The summed E-state index contributed by atoms with van der Waals surface area (Å²) in [6, 6.07) is 4.95. The number of hydrogen-bond donors (Lipinski definition) is 0. The Morgan fingerprint density at radius 2 is 1.79 bits per heavy atom. The summed E-state index contributed by atoms with van der Waals surface area (Å²) in [6.45, 7) is 0. The van der Waals surface area contributed by atoms with Crippen LogP contribution in [0.15, 0.2) is 12.1 Å². The van der Waals surface area contributed by atoms with E-state index in [9.17, 15) is 4.39 Å². The quantitative estimate of drug-likeness (QED) is 0.739. The van der Waals surface area contributed by atoms with Crippen LogP contribution in [-0.4, -0.2) is 14.2 Å². The number of hydrogen-bond acceptors (Lipinski definition) is 3. The molecule has 0 heterocycles. The summed E-state index contributed by atoms with van der Waals surface area (Å²) in [7, 11) is 2.74. The summed E-state index contributed by atoms with van der Waals surface area (Å²) < 4.78 is 23.0. The van der Waals surface area contributed by atoms with E-state index in [-0.39, 0.29) is 17.9 Å². The van der Waals surface area contributed by atoms with E-state index < -0.39 is 5.82 Å². The van der Waals surface area contributed by atoms with Gasteiger partial charge in [-0.3, -0.25) is 0 Å². The van der Waals surface area contributed by atoms with E-state index >= 15 is 0 Å². The highest BCUT2D eigenvalue weighted by Gasteiger charge is 2.11. The first-order valence-corrected chi connectivity index (χ1v) is 4.00. The number of nitriles is 1. The number of halogens is 1. The fourth-order valence-corrected chi connectivity index (χ4v) is 1.12. The molecule has 0 saturated heterocycles. The average molecular weight is 195 g/mol. The molecule has 0 bridgehead atoms. The molecule has 0 aliphatic carbocycles. The predicted octanol–water partition coefficient (Wildman–Crippen LogP) is 1.91. The number of benzene rings is 1. The Balaban J connectivity index is 3.19. The Morgan fingerprint density at radius 1 is 1.29 bits per heavy atom. The molecule has 0 radical (unpaired) electrons. The zero-order chi connectivity index (χ0) is 10.6. The molecule has 14 heavy (non-hydrogen) atoms. The maximum atomic E-state index is 13.4. The van der Waals surface area contributed by atoms with Gasteiger partial charge in [0.25, 0.3) is 0 Å². The van der Waals surface area contributed by atoms with E-state index in [0.717, 1.165) is 0 Å². The van der Waals surface area contributed by atoms with Crippen molar-refractivity contribution in [1.29, 1.82) is 5.26 Å². The minimum atomic E-state index is -0.545. The van der Waals surface area contributed by atoms with Crippen molar-refractivity contribution >= 4 is 0 Å². The molecule has 4 heteroatoms. The zero-order valence-corrected chi connectivity index (χ0v) is 8.00. The highest BCUT2D eigenvalue weighted by molar-refractivity contribution is 5.41. The number of nitrogens with zero attached hydrogens (tertiary/aromatic N) is 1. The van der Waals surface area contributed by atoms with Crippen LogP contribution in [0.2, 0.25) is 0 Å². The normalized spacial score (nSPS) is 9.29. The number of methoxy groups -OCH3 is 2. The number of ether oxygens (including phenoxy) is 2. The summed E-state index contributed by atoms with van der Waals surface area (Å²) in [5, 5.41) is 8.49. The smallest absolute Gasteiger partial charge is 0.206 e. The van der Waals surface area contributed by atoms with Crippen molar-refractivity contribution in [3.63, 3.8) is 0 Å². The minimum Gasteiger partial charge on any atom is -0.494 e. The Bertz CT molecular complexity index is 346. The summed E-state index contributed by atoms with van der Waals surface area (Å²) in [5.74, 6) is -0.360. The second-order valence-electron chi connectivity index (χ2n) is 2.65. The zero-order valence-electron chi connectivity index (χ0n) is 8.00. The second kappa shape index (κ2) is 4.47. The van der Waals surface area contributed by atoms with Gasteiger partial charge in [-0.25, -0.2) is 0 Å². The Kier molecular flexibility index (Phi) is 3.29. The molecule has 0 atom stereocenters. The van der Waals surface area contributed by atoms with Crippen LogP contribution in [0.25, 0.3) is 0 Å². The maximum Gasteiger partial charge on any atom is 0.206 e. The average Bonchev–Trinajstić information content (AvgIpc) is 2.20. The molecule has 0 N–H and O–H groups in total. The lowest BCUT2D eigenvalue weighted by molar-refractivity contribution is 0.350. The van der Waals surface area contributed by atoms with Crippen LogP contribution >= 0.6 is 0 Å². The Hall–Kier alpha value is -1.76. The fourth-order valence-electron chi connectivity index (χ4n) is 1.12. The highest BCUT2D eigenvalue weighted by Crippen LogP contribution is 2.28. The third kappa shape index (κ3) is 1.94. The Morgan fingerprint density at radius 3 is 2.14 bits per heavy atom. The van der Waals surface area contributed by atoms with Crippen LogP contribution in [0, 0.1) is 17.1 Å². The van der Waals surface area contributed by atoms with Gasteiger partial charge in [0.05, 0.1) is 26.7 Å². The van der Waals surface area contributed by atoms with Gasteiger partial charge in [-0.15, -0.1) is 0 Å². The fraction of sp³-hybridized carbons (Fsp3) is 0.300. The van der Waals surface area contributed by atoms with Crippen molar-refractivity contribution in [2.24, 2.45) is 0 Å². The van der Waals surface area contributed by atoms with Crippen molar-refractivity contribution in [3.05, 3.63) is 23.5 Å². The van der Waals surface area contributed by atoms with Gasteiger partial charge in [0, 0.05) is 0 Å². The first-order valence-electron chi connectivity index (χ1n) is 4.00. The third-order valence-corrected chi connectivity index (χ3v) is 1.79. The minimum absolute atomic E-state index is 0.0922. The SMILES string of the molecule is COc1cc(CC#N)cc(OC)c1F. The summed E-state index contributed by atoms with van der Waals surface area (Å²) in [5.41, 5.74) is 0.669. The largest absolute Gasteiger partial charge is 0.494 e. The molecule has 1 aromatic rings. The van der Waals surface area contributed by atoms with Crippen molar-refractivity contribution in [2.75, 3.05) is 14.2 Å². The van der Waals surface area contributed by atoms with E-state index in [1.54, 1.807) is 0 Å². The van der Waals surface area contributed by atoms with Crippen molar-refractivity contribution < 1.29 is 13.9 Å². The molecule has 1 rings (SSSR count). The summed E-state index contributed by atoms with van der Waals surface area (Å²) in [4.78, 5) is 0. The standard InChI is InChI=1S/C10H10FNO2/c1-13-8-5-7(3-4-12)6-9(14-2)10(8)11/h5-6H,3H2,1-2H3. The van der Waals surface area contributed by atoms with E-state index in [1.165, 1.54) is 26.4 Å². The molecule has 0 aliphatic rings. The molecule has 1 aromatic carbocycles. The first kappa shape index (κ1) is 10.3. The van der Waals surface area contributed by atoms with Gasteiger partial charge in [0.15, 0.2) is 11.5 Å². The van der Waals surface area contributed by atoms with Crippen molar-refractivity contribution in [2.45, 2.75) is 6.42 Å². The molecule has 3 nitrogen and oxygen atoms in total. The van der Waals surface area contributed by atoms with E-state index in [1.807, 2.05) is 6.07 Å². The lowest BCUT2D eigenvalue weighted by Gasteiger charge is -2.08. The molecule has 0 amide bonds. The van der Waals surface area contributed by atoms with Gasteiger partial charge in [-0.05, 0) is 17.7 Å². The summed E-state index contributed by atoms with van der Waals surface area (Å²) in [6.07, 6.45) is 0.201.